The van der Waals surface area contributed by atoms with E-state index in [1.165, 1.54) is 37.7 Å². The van der Waals surface area contributed by atoms with E-state index >= 15 is 0 Å². The molecule has 1 aromatic heterocycles. The Labute approximate surface area is 145 Å². The topological polar surface area (TPSA) is 64.4 Å². The number of rotatable bonds is 6. The smallest absolute Gasteiger partial charge is 0.345 e. The molecule has 0 bridgehead atoms. The summed E-state index contributed by atoms with van der Waals surface area (Å²) < 4.78 is 23.3. The van der Waals surface area contributed by atoms with Crippen molar-refractivity contribution in [2.24, 2.45) is 0 Å². The molecule has 1 aliphatic rings. The molecule has 0 aliphatic heterocycles. The fourth-order valence-corrected chi connectivity index (χ4v) is 2.98. The molecule has 0 saturated heterocycles. The average Bonchev–Trinajstić information content (AvgIpc) is 3.06. The number of esters is 1. The molecular formula is C19H21FN2O3. The van der Waals surface area contributed by atoms with E-state index in [9.17, 15) is 9.18 Å². The summed E-state index contributed by atoms with van der Waals surface area (Å²) in [5, 5.41) is 7.11. The van der Waals surface area contributed by atoms with E-state index in [4.69, 9.17) is 9.26 Å². The normalized spacial score (nSPS) is 14.1. The van der Waals surface area contributed by atoms with Gasteiger partial charge < -0.3 is 14.6 Å². The summed E-state index contributed by atoms with van der Waals surface area (Å²) in [6.07, 6.45) is 7.94. The van der Waals surface area contributed by atoms with Crippen LogP contribution in [0.25, 0.3) is 11.3 Å². The number of ether oxygens (including phenoxy) is 1. The lowest BCUT2D eigenvalue weighted by molar-refractivity contribution is 0.0602. The van der Waals surface area contributed by atoms with Crippen molar-refractivity contribution in [3.63, 3.8) is 0 Å². The molecule has 1 aromatic carbocycles. The molecule has 6 heteroatoms. The van der Waals surface area contributed by atoms with Gasteiger partial charge in [-0.2, -0.15) is 0 Å². The summed E-state index contributed by atoms with van der Waals surface area (Å²) in [6.45, 7) is 0.647. The Kier molecular flexibility index (Phi) is 5.48. The van der Waals surface area contributed by atoms with E-state index in [1.54, 1.807) is 12.1 Å². The van der Waals surface area contributed by atoms with Crippen LogP contribution in [0.4, 0.5) is 10.3 Å². The Hall–Kier alpha value is -2.63. The van der Waals surface area contributed by atoms with Crippen LogP contribution < -0.4 is 5.32 Å². The van der Waals surface area contributed by atoms with Gasteiger partial charge in [-0.15, -0.1) is 0 Å². The number of nitrogens with zero attached hydrogens (tertiary/aromatic N) is 1. The molecule has 1 N–H and O–H groups in total. The van der Waals surface area contributed by atoms with Gasteiger partial charge in [0, 0.05) is 12.1 Å². The van der Waals surface area contributed by atoms with Crippen LogP contribution in [0.15, 0.2) is 40.4 Å². The molecular weight excluding hydrogens is 323 g/mol. The van der Waals surface area contributed by atoms with E-state index in [0.29, 0.717) is 17.8 Å². The van der Waals surface area contributed by atoms with Crippen molar-refractivity contribution in [3.05, 3.63) is 47.3 Å². The van der Waals surface area contributed by atoms with Crippen LogP contribution in [0.3, 0.4) is 0 Å². The molecule has 0 atom stereocenters. The lowest BCUT2D eigenvalue weighted by Gasteiger charge is -2.12. The fraction of sp³-hybridized carbons (Fsp3) is 0.368. The Morgan fingerprint density at radius 1 is 1.32 bits per heavy atom. The highest BCUT2D eigenvalue weighted by Crippen LogP contribution is 2.30. The fourth-order valence-electron chi connectivity index (χ4n) is 2.98. The second-order valence-electron chi connectivity index (χ2n) is 6.02. The third-order valence-corrected chi connectivity index (χ3v) is 4.32. The number of carbonyl (C=O) groups is 1. The monoisotopic (exact) mass is 344 g/mol. The molecule has 0 spiro atoms. The molecule has 1 heterocycles. The number of aromatic nitrogens is 1. The highest BCUT2D eigenvalue weighted by atomic mass is 19.1. The number of benzene rings is 1. The lowest BCUT2D eigenvalue weighted by atomic mass is 9.97. The molecule has 0 radical (unpaired) electrons. The van der Waals surface area contributed by atoms with Crippen molar-refractivity contribution in [1.82, 2.24) is 5.16 Å². The first-order valence-corrected chi connectivity index (χ1v) is 8.44. The first kappa shape index (κ1) is 17.2. The van der Waals surface area contributed by atoms with Gasteiger partial charge in [0.1, 0.15) is 11.5 Å². The molecule has 0 saturated carbocycles. The summed E-state index contributed by atoms with van der Waals surface area (Å²) in [4.78, 5) is 12.2. The van der Waals surface area contributed by atoms with E-state index in [2.05, 4.69) is 16.5 Å². The third kappa shape index (κ3) is 4.07. The molecule has 1 aliphatic carbocycles. The maximum absolute atomic E-state index is 13.1. The number of anilines is 1. The van der Waals surface area contributed by atoms with Crippen molar-refractivity contribution >= 4 is 11.9 Å². The molecule has 2 aromatic rings. The predicted octanol–water partition coefficient (Wildman–Crippen LogP) is 4.57. The van der Waals surface area contributed by atoms with Crippen molar-refractivity contribution in [2.45, 2.75) is 32.1 Å². The van der Waals surface area contributed by atoms with E-state index in [0.717, 1.165) is 19.3 Å². The van der Waals surface area contributed by atoms with Crippen LogP contribution in [0.5, 0.6) is 0 Å². The van der Waals surface area contributed by atoms with Crippen molar-refractivity contribution in [2.75, 3.05) is 19.0 Å². The van der Waals surface area contributed by atoms with Gasteiger partial charge in [-0.05, 0) is 56.4 Å². The zero-order valence-electron chi connectivity index (χ0n) is 14.2. The minimum atomic E-state index is -0.542. The molecule has 132 valence electrons. The van der Waals surface area contributed by atoms with Gasteiger partial charge in [-0.25, -0.2) is 9.18 Å². The SMILES string of the molecule is COC(=O)c1c(-c2ccc(F)cc2)noc1NCCC1=CCCCC1. The van der Waals surface area contributed by atoms with Gasteiger partial charge in [0.2, 0.25) is 5.88 Å². The lowest BCUT2D eigenvalue weighted by Crippen LogP contribution is -2.09. The highest BCUT2D eigenvalue weighted by molar-refractivity contribution is 6.00. The number of hydrogen-bond acceptors (Lipinski definition) is 5. The number of methoxy groups -OCH3 is 1. The van der Waals surface area contributed by atoms with Crippen LogP contribution in [0, 0.1) is 5.82 Å². The van der Waals surface area contributed by atoms with Crippen LogP contribution in [0.1, 0.15) is 42.5 Å². The molecule has 0 amide bonds. The summed E-state index contributed by atoms with van der Waals surface area (Å²) in [5.74, 6) is -0.617. The summed E-state index contributed by atoms with van der Waals surface area (Å²) in [5.41, 5.74) is 2.59. The van der Waals surface area contributed by atoms with Crippen LogP contribution >= 0.6 is 0 Å². The highest BCUT2D eigenvalue weighted by Gasteiger charge is 2.24. The summed E-state index contributed by atoms with van der Waals surface area (Å²) in [6, 6.07) is 5.73. The van der Waals surface area contributed by atoms with Gasteiger partial charge in [0.15, 0.2) is 5.56 Å². The standard InChI is InChI=1S/C19H21FN2O3/c1-24-19(23)16-17(14-7-9-15(20)10-8-14)22-25-18(16)21-12-11-13-5-3-2-4-6-13/h5,7-10,21H,2-4,6,11-12H2,1H3. The molecule has 0 unspecified atom stereocenters. The first-order chi connectivity index (χ1) is 12.2. The van der Waals surface area contributed by atoms with E-state index < -0.39 is 5.97 Å². The summed E-state index contributed by atoms with van der Waals surface area (Å²) in [7, 11) is 1.31. The average molecular weight is 344 g/mol. The minimum absolute atomic E-state index is 0.228. The number of allylic oxidation sites excluding steroid dienone is 1. The van der Waals surface area contributed by atoms with Crippen molar-refractivity contribution in [3.8, 4) is 11.3 Å². The Morgan fingerprint density at radius 3 is 2.80 bits per heavy atom. The largest absolute Gasteiger partial charge is 0.465 e. The molecule has 0 fully saturated rings. The van der Waals surface area contributed by atoms with Gasteiger partial charge in [0.25, 0.3) is 0 Å². The maximum atomic E-state index is 13.1. The zero-order valence-corrected chi connectivity index (χ0v) is 14.2. The molecule has 3 rings (SSSR count). The van der Waals surface area contributed by atoms with Gasteiger partial charge in [-0.1, -0.05) is 16.8 Å². The number of halogens is 1. The van der Waals surface area contributed by atoms with Gasteiger partial charge in [0.05, 0.1) is 7.11 Å². The van der Waals surface area contributed by atoms with Crippen molar-refractivity contribution in [1.29, 1.82) is 0 Å². The van der Waals surface area contributed by atoms with Crippen LogP contribution in [-0.2, 0) is 4.74 Å². The first-order valence-electron chi connectivity index (χ1n) is 8.44. The van der Waals surface area contributed by atoms with Crippen LogP contribution in [0.2, 0.25) is 0 Å². The minimum Gasteiger partial charge on any atom is -0.465 e. The van der Waals surface area contributed by atoms with Gasteiger partial charge in [-0.3, -0.25) is 0 Å². The number of carbonyl (C=O) groups excluding carboxylic acids is 1. The third-order valence-electron chi connectivity index (χ3n) is 4.32. The molecule has 25 heavy (non-hydrogen) atoms. The van der Waals surface area contributed by atoms with E-state index in [-0.39, 0.29) is 17.3 Å². The number of hydrogen-bond donors (Lipinski definition) is 1. The zero-order chi connectivity index (χ0) is 17.6. The Bertz CT molecular complexity index is 765. The number of nitrogens with one attached hydrogen (secondary N) is 1. The van der Waals surface area contributed by atoms with Crippen molar-refractivity contribution < 1.29 is 18.4 Å². The van der Waals surface area contributed by atoms with Crippen LogP contribution in [-0.4, -0.2) is 24.8 Å². The van der Waals surface area contributed by atoms with E-state index in [1.807, 2.05) is 0 Å². The quantitative estimate of drug-likeness (QED) is 0.614. The maximum Gasteiger partial charge on any atom is 0.345 e. The second-order valence-corrected chi connectivity index (χ2v) is 6.02. The predicted molar refractivity (Wildman–Crippen MR) is 92.9 cm³/mol. The summed E-state index contributed by atoms with van der Waals surface area (Å²) >= 11 is 0. The molecule has 5 nitrogen and oxygen atoms in total. The second kappa shape index (κ2) is 7.96. The Morgan fingerprint density at radius 2 is 2.12 bits per heavy atom. The Balaban J connectivity index is 1.78. The van der Waals surface area contributed by atoms with Gasteiger partial charge >= 0.3 is 5.97 Å².